The lowest BCUT2D eigenvalue weighted by Crippen LogP contribution is -2.42. The summed E-state index contributed by atoms with van der Waals surface area (Å²) in [7, 11) is 1.28. The van der Waals surface area contributed by atoms with Crippen LogP contribution in [0.2, 0.25) is 0 Å². The molecule has 228 valence electrons. The number of hydrogen-bond donors (Lipinski definition) is 4. The number of nitrogens with one attached hydrogen (secondary N) is 4. The second-order valence-electron chi connectivity index (χ2n) is 10.8. The molecule has 6 rings (SSSR count). The molecule has 0 unspecified atom stereocenters. The topological polar surface area (TPSA) is 142 Å². The minimum absolute atomic E-state index is 0.0933. The number of methoxy groups -OCH3 is 1. The van der Waals surface area contributed by atoms with Gasteiger partial charge in [0.2, 0.25) is 5.91 Å². The van der Waals surface area contributed by atoms with Crippen molar-refractivity contribution >= 4 is 40.2 Å². The van der Waals surface area contributed by atoms with Crippen LogP contribution in [0.1, 0.15) is 41.1 Å². The number of H-pyrrole nitrogens is 1. The smallest absolute Gasteiger partial charge is 0.411 e. The zero-order valence-electron chi connectivity index (χ0n) is 24.8. The Kier molecular flexibility index (Phi) is 9.13. The summed E-state index contributed by atoms with van der Waals surface area (Å²) in [6, 6.07) is 19.3. The average molecular weight is 598 g/mol. The number of aromatic amines is 1. The number of rotatable bonds is 5. The van der Waals surface area contributed by atoms with Crippen molar-refractivity contribution in [3.05, 3.63) is 106 Å². The molecule has 2 atom stereocenters. The summed E-state index contributed by atoms with van der Waals surface area (Å²) in [6.45, 7) is 4.63. The van der Waals surface area contributed by atoms with Gasteiger partial charge in [-0.25, -0.2) is 9.59 Å². The fraction of sp³-hybridized carbons (Fsp3) is 0.273. The summed E-state index contributed by atoms with van der Waals surface area (Å²) in [5.41, 5.74) is 4.30. The number of alkyl carbamates (subject to hydrolysis) is 1. The molecule has 0 saturated carbocycles. The van der Waals surface area contributed by atoms with E-state index in [0.717, 1.165) is 27.6 Å². The zero-order valence-corrected chi connectivity index (χ0v) is 24.8. The Morgan fingerprint density at radius 2 is 1.91 bits per heavy atom. The molecular formula is C33H35N5O6. The van der Waals surface area contributed by atoms with Gasteiger partial charge < -0.3 is 30.0 Å². The van der Waals surface area contributed by atoms with Gasteiger partial charge in [-0.1, -0.05) is 43.3 Å². The van der Waals surface area contributed by atoms with Crippen LogP contribution in [0.4, 0.5) is 21.0 Å². The van der Waals surface area contributed by atoms with E-state index in [1.54, 1.807) is 35.4 Å². The van der Waals surface area contributed by atoms with E-state index in [0.29, 0.717) is 16.8 Å². The third kappa shape index (κ3) is 7.00. The predicted molar refractivity (Wildman–Crippen MR) is 168 cm³/mol. The maximum Gasteiger partial charge on any atom is 0.411 e. The molecule has 0 fully saturated rings. The number of aromatic nitrogens is 1. The standard InChI is InChI=1S/C33H35N5O6/c1-20-15-24-8-10-27(20)21(2)19-44-33(42)37-25-6-4-5-22(16-25)18-38(14-13-35-32(41)43-3)31(40)29(24)36-26-9-7-23-11-12-34-30(39)28(23)17-26/h4-12,15-17,21,29,36H,13-14,18-19H2,1-3H3,(H,34,39)(H,35,41)(H,37,42)/t21-,29+/m0/s1. The lowest BCUT2D eigenvalue weighted by atomic mass is 9.92. The van der Waals surface area contributed by atoms with Crippen LogP contribution in [0, 0.1) is 6.92 Å². The van der Waals surface area contributed by atoms with Crippen molar-refractivity contribution in [3.63, 3.8) is 0 Å². The molecule has 3 amide bonds. The molecule has 0 spiro atoms. The summed E-state index contributed by atoms with van der Waals surface area (Å²) in [6.07, 6.45) is 0.428. The Morgan fingerprint density at radius 1 is 1.07 bits per heavy atom. The van der Waals surface area contributed by atoms with Crippen LogP contribution in [-0.2, 0) is 20.8 Å². The van der Waals surface area contributed by atoms with E-state index in [-0.39, 0.29) is 43.6 Å². The number of nitrogens with zero attached hydrogens (tertiary/aromatic N) is 1. The lowest BCUT2D eigenvalue weighted by Gasteiger charge is -2.30. The van der Waals surface area contributed by atoms with Crippen LogP contribution in [0.5, 0.6) is 0 Å². The summed E-state index contributed by atoms with van der Waals surface area (Å²) >= 11 is 0. The SMILES string of the molecule is COC(=O)NCCN1Cc2cccc(c2)NC(=O)OC[C@H](C)c2ccc(cc2C)[C@@H](Nc2ccc3cc[nH]c(=O)c3c2)C1=O. The van der Waals surface area contributed by atoms with E-state index in [9.17, 15) is 19.2 Å². The number of ether oxygens (including phenoxy) is 2. The molecule has 0 saturated heterocycles. The van der Waals surface area contributed by atoms with Crippen molar-refractivity contribution in [2.75, 3.05) is 37.4 Å². The molecular weight excluding hydrogens is 562 g/mol. The largest absolute Gasteiger partial charge is 0.453 e. The predicted octanol–water partition coefficient (Wildman–Crippen LogP) is 5.04. The monoisotopic (exact) mass is 597 g/mol. The minimum Gasteiger partial charge on any atom is -0.453 e. The molecule has 1 aromatic heterocycles. The Bertz CT molecular complexity index is 1750. The number of pyridine rings is 1. The molecule has 0 aliphatic carbocycles. The van der Waals surface area contributed by atoms with Crippen LogP contribution in [0.15, 0.2) is 77.7 Å². The Labute approximate surface area is 254 Å². The van der Waals surface area contributed by atoms with E-state index in [2.05, 4.69) is 20.9 Å². The summed E-state index contributed by atoms with van der Waals surface area (Å²) in [5.74, 6) is -0.340. The lowest BCUT2D eigenvalue weighted by molar-refractivity contribution is -0.132. The van der Waals surface area contributed by atoms with E-state index in [1.807, 2.05) is 56.3 Å². The van der Waals surface area contributed by atoms with E-state index in [1.165, 1.54) is 7.11 Å². The van der Waals surface area contributed by atoms with Crippen molar-refractivity contribution in [2.24, 2.45) is 0 Å². The maximum atomic E-state index is 14.5. The van der Waals surface area contributed by atoms with Crippen LogP contribution >= 0.6 is 0 Å². The third-order valence-corrected chi connectivity index (χ3v) is 7.65. The van der Waals surface area contributed by atoms with Crippen LogP contribution in [0.25, 0.3) is 10.8 Å². The van der Waals surface area contributed by atoms with Gasteiger partial charge in [0.05, 0.1) is 13.7 Å². The van der Waals surface area contributed by atoms with Gasteiger partial charge in [-0.2, -0.15) is 0 Å². The minimum atomic E-state index is -0.830. The highest BCUT2D eigenvalue weighted by Gasteiger charge is 2.28. The summed E-state index contributed by atoms with van der Waals surface area (Å²) in [5, 5.41) is 10.1. The average Bonchev–Trinajstić information content (AvgIpc) is 3.01. The summed E-state index contributed by atoms with van der Waals surface area (Å²) in [4.78, 5) is 55.7. The normalized spacial score (nSPS) is 17.1. The Hall–Kier alpha value is -5.32. The number of fused-ring (bicyclic) bond motifs is 10. The molecule has 4 bridgehead atoms. The molecule has 11 heteroatoms. The first-order valence-electron chi connectivity index (χ1n) is 14.3. The van der Waals surface area contributed by atoms with Crippen molar-refractivity contribution in [3.8, 4) is 0 Å². The maximum absolute atomic E-state index is 14.5. The van der Waals surface area contributed by atoms with Gasteiger partial charge >= 0.3 is 12.2 Å². The Balaban J connectivity index is 1.58. The molecule has 0 radical (unpaired) electrons. The van der Waals surface area contributed by atoms with Gasteiger partial charge in [-0.3, -0.25) is 14.9 Å². The number of amides is 3. The van der Waals surface area contributed by atoms with Crippen LogP contribution in [-0.4, -0.2) is 54.8 Å². The van der Waals surface area contributed by atoms with E-state index >= 15 is 0 Å². The molecule has 4 aromatic rings. The Morgan fingerprint density at radius 3 is 2.70 bits per heavy atom. The first kappa shape index (κ1) is 30.1. The number of benzene rings is 3. The number of hydrogen-bond acceptors (Lipinski definition) is 7. The van der Waals surface area contributed by atoms with Crippen molar-refractivity contribution in [1.82, 2.24) is 15.2 Å². The third-order valence-electron chi connectivity index (χ3n) is 7.65. The number of aryl methyl sites for hydroxylation is 1. The fourth-order valence-electron chi connectivity index (χ4n) is 5.39. The zero-order chi connectivity index (χ0) is 31.2. The second-order valence-corrected chi connectivity index (χ2v) is 10.8. The van der Waals surface area contributed by atoms with Crippen molar-refractivity contribution in [2.45, 2.75) is 32.4 Å². The van der Waals surface area contributed by atoms with Crippen molar-refractivity contribution in [1.29, 1.82) is 0 Å². The second kappa shape index (κ2) is 13.3. The fourth-order valence-corrected chi connectivity index (χ4v) is 5.39. The van der Waals surface area contributed by atoms with E-state index in [4.69, 9.17) is 9.47 Å². The van der Waals surface area contributed by atoms with Gasteiger partial charge in [0.15, 0.2) is 0 Å². The first-order valence-corrected chi connectivity index (χ1v) is 14.3. The van der Waals surface area contributed by atoms with Gasteiger partial charge in [0.25, 0.3) is 5.56 Å². The van der Waals surface area contributed by atoms with Gasteiger partial charge in [0.1, 0.15) is 6.04 Å². The van der Waals surface area contributed by atoms with Gasteiger partial charge in [-0.15, -0.1) is 0 Å². The van der Waals surface area contributed by atoms with Crippen molar-refractivity contribution < 1.29 is 23.9 Å². The summed E-state index contributed by atoms with van der Waals surface area (Å²) < 4.78 is 10.2. The molecule has 4 N–H and O–H groups in total. The van der Waals surface area contributed by atoms with Crippen LogP contribution < -0.4 is 21.5 Å². The van der Waals surface area contributed by atoms with Crippen LogP contribution in [0.3, 0.4) is 0 Å². The number of carbonyl (C=O) groups is 3. The molecule has 2 aliphatic heterocycles. The highest BCUT2D eigenvalue weighted by Crippen LogP contribution is 2.29. The van der Waals surface area contributed by atoms with E-state index < -0.39 is 18.2 Å². The number of carbonyl (C=O) groups excluding carboxylic acids is 3. The molecule has 3 aromatic carbocycles. The van der Waals surface area contributed by atoms with Gasteiger partial charge in [0, 0.05) is 48.5 Å². The molecule has 2 aliphatic rings. The molecule has 44 heavy (non-hydrogen) atoms. The highest BCUT2D eigenvalue weighted by molar-refractivity contribution is 5.89. The quantitative estimate of drug-likeness (QED) is 0.253. The number of anilines is 2. The first-order chi connectivity index (χ1) is 21.2. The molecule has 3 heterocycles. The van der Waals surface area contributed by atoms with Gasteiger partial charge in [-0.05, 0) is 64.9 Å². The molecule has 11 nitrogen and oxygen atoms in total. The highest BCUT2D eigenvalue weighted by atomic mass is 16.5.